The minimum absolute atomic E-state index is 0.115. The molecular formula is C24H23FN4O3. The van der Waals surface area contributed by atoms with Crippen LogP contribution in [0.1, 0.15) is 34.8 Å². The summed E-state index contributed by atoms with van der Waals surface area (Å²) in [6.45, 7) is 1.02. The van der Waals surface area contributed by atoms with Crippen LogP contribution < -0.4 is 10.1 Å². The molecule has 7 nitrogen and oxygen atoms in total. The normalized spacial score (nSPS) is 15.1. The lowest BCUT2D eigenvalue weighted by Gasteiger charge is -2.36. The lowest BCUT2D eigenvalue weighted by molar-refractivity contribution is 0.0885. The van der Waals surface area contributed by atoms with Gasteiger partial charge in [-0.2, -0.15) is 0 Å². The number of halogens is 1. The van der Waals surface area contributed by atoms with E-state index in [0.29, 0.717) is 37.2 Å². The Morgan fingerprint density at radius 2 is 1.72 bits per heavy atom. The molecule has 0 radical (unpaired) electrons. The van der Waals surface area contributed by atoms with Crippen LogP contribution >= 0.6 is 0 Å². The fourth-order valence-electron chi connectivity index (χ4n) is 3.86. The average molecular weight is 434 g/mol. The van der Waals surface area contributed by atoms with E-state index in [4.69, 9.17) is 4.74 Å². The van der Waals surface area contributed by atoms with Crippen molar-refractivity contribution in [3.63, 3.8) is 0 Å². The van der Waals surface area contributed by atoms with Gasteiger partial charge in [0.15, 0.2) is 5.75 Å². The van der Waals surface area contributed by atoms with Gasteiger partial charge in [-0.25, -0.2) is 9.18 Å². The van der Waals surface area contributed by atoms with Crippen LogP contribution in [0.3, 0.4) is 0 Å². The molecule has 1 saturated heterocycles. The van der Waals surface area contributed by atoms with E-state index in [2.05, 4.69) is 15.3 Å². The number of piperidine rings is 1. The summed E-state index contributed by atoms with van der Waals surface area (Å²) in [6, 6.07) is 12.3. The first-order valence-electron chi connectivity index (χ1n) is 10.4. The van der Waals surface area contributed by atoms with E-state index in [1.54, 1.807) is 35.6 Å². The van der Waals surface area contributed by atoms with E-state index in [9.17, 15) is 14.0 Å². The van der Waals surface area contributed by atoms with Crippen molar-refractivity contribution in [3.8, 4) is 5.75 Å². The smallest absolute Gasteiger partial charge is 0.409 e. The number of pyridine rings is 2. The predicted molar refractivity (Wildman–Crippen MR) is 115 cm³/mol. The minimum Gasteiger partial charge on any atom is -0.409 e. The van der Waals surface area contributed by atoms with Gasteiger partial charge in [0.25, 0.3) is 5.91 Å². The highest BCUT2D eigenvalue weighted by molar-refractivity contribution is 5.94. The molecule has 1 aliphatic rings. The maximum Gasteiger partial charge on any atom is 0.415 e. The minimum atomic E-state index is -0.410. The van der Waals surface area contributed by atoms with Gasteiger partial charge in [-0.05, 0) is 72.9 Å². The molecule has 2 amide bonds. The first kappa shape index (κ1) is 21.4. The standard InChI is InChI=1S/C24H23FN4O3/c25-20-5-3-19(4-6-20)23(30)28-22(17-7-12-26-13-8-17)18-9-14-29(15-10-18)24(31)32-21-2-1-11-27-16-21/h1-8,11-13,16,18,22H,9-10,14-15H2,(H,28,30). The van der Waals surface area contributed by atoms with Crippen molar-refractivity contribution >= 4 is 12.0 Å². The lowest BCUT2D eigenvalue weighted by Crippen LogP contribution is -2.44. The molecule has 8 heteroatoms. The number of carbonyl (C=O) groups is 2. The van der Waals surface area contributed by atoms with Crippen LogP contribution in [-0.4, -0.2) is 40.0 Å². The van der Waals surface area contributed by atoms with Crippen molar-refractivity contribution in [1.82, 2.24) is 20.2 Å². The number of nitrogens with zero attached hydrogens (tertiary/aromatic N) is 3. The molecule has 0 bridgehead atoms. The third kappa shape index (κ3) is 5.26. The fourth-order valence-corrected chi connectivity index (χ4v) is 3.86. The summed E-state index contributed by atoms with van der Waals surface area (Å²) in [4.78, 5) is 35.0. The number of rotatable bonds is 5. The SMILES string of the molecule is O=C(NC(c1ccncc1)C1CCN(C(=O)Oc2cccnc2)CC1)c1ccc(F)cc1. The molecule has 0 aliphatic carbocycles. The summed E-state index contributed by atoms with van der Waals surface area (Å²) >= 11 is 0. The lowest BCUT2D eigenvalue weighted by atomic mass is 9.85. The molecule has 0 spiro atoms. The van der Waals surface area contributed by atoms with Crippen molar-refractivity contribution in [3.05, 3.63) is 90.3 Å². The van der Waals surface area contributed by atoms with Gasteiger partial charge < -0.3 is 15.0 Å². The summed E-state index contributed by atoms with van der Waals surface area (Å²) in [6.07, 6.45) is 7.46. The number of amides is 2. The molecule has 1 aliphatic heterocycles. The Labute approximate surface area is 185 Å². The van der Waals surface area contributed by atoms with Gasteiger partial charge in [-0.3, -0.25) is 14.8 Å². The van der Waals surface area contributed by atoms with Crippen molar-refractivity contribution < 1.29 is 18.7 Å². The average Bonchev–Trinajstić information content (AvgIpc) is 2.84. The van der Waals surface area contributed by atoms with Gasteiger partial charge in [0.05, 0.1) is 12.2 Å². The zero-order valence-electron chi connectivity index (χ0n) is 17.4. The molecule has 2 aromatic heterocycles. The Morgan fingerprint density at radius 3 is 2.38 bits per heavy atom. The molecule has 164 valence electrons. The van der Waals surface area contributed by atoms with Gasteiger partial charge in [-0.15, -0.1) is 0 Å². The van der Waals surface area contributed by atoms with E-state index in [-0.39, 0.29) is 17.9 Å². The third-order valence-electron chi connectivity index (χ3n) is 5.57. The van der Waals surface area contributed by atoms with Gasteiger partial charge in [0, 0.05) is 37.2 Å². The van der Waals surface area contributed by atoms with Crippen LogP contribution in [0.25, 0.3) is 0 Å². The Hall–Kier alpha value is -3.81. The van der Waals surface area contributed by atoms with Crippen molar-refractivity contribution in [2.24, 2.45) is 5.92 Å². The summed E-state index contributed by atoms with van der Waals surface area (Å²) < 4.78 is 18.6. The van der Waals surface area contributed by atoms with Crippen LogP contribution in [0, 0.1) is 11.7 Å². The highest BCUT2D eigenvalue weighted by Gasteiger charge is 2.31. The Kier molecular flexibility index (Phi) is 6.69. The topological polar surface area (TPSA) is 84.4 Å². The molecule has 1 fully saturated rings. The van der Waals surface area contributed by atoms with Gasteiger partial charge in [0.2, 0.25) is 0 Å². The Balaban J connectivity index is 1.43. The van der Waals surface area contributed by atoms with Crippen LogP contribution in [0.2, 0.25) is 0 Å². The summed E-state index contributed by atoms with van der Waals surface area (Å²) in [5, 5.41) is 3.09. The molecule has 32 heavy (non-hydrogen) atoms. The third-order valence-corrected chi connectivity index (χ3v) is 5.57. The molecule has 3 heterocycles. The van der Waals surface area contributed by atoms with Crippen molar-refractivity contribution in [1.29, 1.82) is 0 Å². The van der Waals surface area contributed by atoms with Gasteiger partial charge in [-0.1, -0.05) is 0 Å². The molecule has 1 unspecified atom stereocenters. The number of hydrogen-bond acceptors (Lipinski definition) is 5. The number of benzene rings is 1. The van der Waals surface area contributed by atoms with E-state index < -0.39 is 11.9 Å². The van der Waals surface area contributed by atoms with Crippen LogP contribution in [-0.2, 0) is 0 Å². The number of likely N-dealkylation sites (tertiary alicyclic amines) is 1. The summed E-state index contributed by atoms with van der Waals surface area (Å²) in [5.74, 6) is -0.145. The monoisotopic (exact) mass is 434 g/mol. The molecule has 0 saturated carbocycles. The van der Waals surface area contributed by atoms with Gasteiger partial charge >= 0.3 is 6.09 Å². The molecule has 1 atom stereocenters. The number of aromatic nitrogens is 2. The Morgan fingerprint density at radius 1 is 1.00 bits per heavy atom. The summed E-state index contributed by atoms with van der Waals surface area (Å²) in [5.41, 5.74) is 1.33. The first-order valence-corrected chi connectivity index (χ1v) is 10.4. The first-order chi connectivity index (χ1) is 15.6. The zero-order chi connectivity index (χ0) is 22.3. The number of ether oxygens (including phenoxy) is 1. The van der Waals surface area contributed by atoms with E-state index in [1.165, 1.54) is 30.5 Å². The largest absolute Gasteiger partial charge is 0.415 e. The van der Waals surface area contributed by atoms with Crippen LogP contribution in [0.5, 0.6) is 5.75 Å². The Bertz CT molecular complexity index is 1040. The van der Waals surface area contributed by atoms with E-state index in [0.717, 1.165) is 5.56 Å². The van der Waals surface area contributed by atoms with E-state index >= 15 is 0 Å². The number of carbonyl (C=O) groups excluding carboxylic acids is 2. The van der Waals surface area contributed by atoms with Gasteiger partial charge in [0.1, 0.15) is 5.82 Å². The molecular weight excluding hydrogens is 411 g/mol. The van der Waals surface area contributed by atoms with Crippen LogP contribution in [0.4, 0.5) is 9.18 Å². The second kappa shape index (κ2) is 10.00. The number of hydrogen-bond donors (Lipinski definition) is 1. The molecule has 4 rings (SSSR count). The number of nitrogens with one attached hydrogen (secondary N) is 1. The fraction of sp³-hybridized carbons (Fsp3) is 0.250. The highest BCUT2D eigenvalue weighted by Crippen LogP contribution is 2.31. The molecule has 1 aromatic carbocycles. The van der Waals surface area contributed by atoms with Crippen LogP contribution in [0.15, 0.2) is 73.3 Å². The molecule has 3 aromatic rings. The quantitative estimate of drug-likeness (QED) is 0.656. The second-order valence-corrected chi connectivity index (χ2v) is 7.62. The molecule has 1 N–H and O–H groups in total. The maximum absolute atomic E-state index is 13.2. The maximum atomic E-state index is 13.2. The highest BCUT2D eigenvalue weighted by atomic mass is 19.1. The van der Waals surface area contributed by atoms with E-state index in [1.807, 2.05) is 12.1 Å². The second-order valence-electron chi connectivity index (χ2n) is 7.62. The van der Waals surface area contributed by atoms with Crippen molar-refractivity contribution in [2.45, 2.75) is 18.9 Å². The summed E-state index contributed by atoms with van der Waals surface area (Å²) in [7, 11) is 0. The zero-order valence-corrected chi connectivity index (χ0v) is 17.4. The van der Waals surface area contributed by atoms with Crippen molar-refractivity contribution in [2.75, 3.05) is 13.1 Å². The predicted octanol–water partition coefficient (Wildman–Crippen LogP) is 4.00.